The number of benzene rings is 2. The van der Waals surface area contributed by atoms with E-state index in [2.05, 4.69) is 5.32 Å². The second-order valence-electron chi connectivity index (χ2n) is 6.22. The Kier molecular flexibility index (Phi) is 5.56. The van der Waals surface area contributed by atoms with Crippen LogP contribution in [0.2, 0.25) is 5.02 Å². The van der Waals surface area contributed by atoms with E-state index in [1.807, 2.05) is 31.2 Å². The first kappa shape index (κ1) is 19.3. The molecule has 0 saturated carbocycles. The number of anilines is 1. The molecular formula is C20H16ClN3O4. The number of aromatic nitrogens is 1. The van der Waals surface area contributed by atoms with Crippen LogP contribution in [0.3, 0.4) is 0 Å². The van der Waals surface area contributed by atoms with Crippen LogP contribution in [-0.4, -0.2) is 15.4 Å². The van der Waals surface area contributed by atoms with Crippen molar-refractivity contribution in [2.24, 2.45) is 0 Å². The highest BCUT2D eigenvalue weighted by Crippen LogP contribution is 2.27. The molecular weight excluding hydrogens is 382 g/mol. The molecule has 1 N–H and O–H groups in total. The maximum Gasteiger partial charge on any atom is 0.289 e. The number of aryl methyl sites for hydroxylation is 1. The molecule has 28 heavy (non-hydrogen) atoms. The van der Waals surface area contributed by atoms with E-state index in [1.54, 1.807) is 12.3 Å². The van der Waals surface area contributed by atoms with Crippen molar-refractivity contribution in [3.8, 4) is 0 Å². The lowest BCUT2D eigenvalue weighted by Gasteiger charge is -2.09. The monoisotopic (exact) mass is 397 g/mol. The summed E-state index contributed by atoms with van der Waals surface area (Å²) in [6.45, 7) is 2.30. The molecule has 7 nitrogen and oxygen atoms in total. The van der Waals surface area contributed by atoms with Gasteiger partial charge < -0.3 is 9.88 Å². The lowest BCUT2D eigenvalue weighted by molar-refractivity contribution is -0.384. The number of hydrogen-bond donors (Lipinski definition) is 1. The third kappa shape index (κ3) is 4.27. The highest BCUT2D eigenvalue weighted by atomic mass is 35.5. The molecule has 0 fully saturated rings. The molecule has 8 heteroatoms. The van der Waals surface area contributed by atoms with Crippen molar-refractivity contribution >= 4 is 28.9 Å². The highest BCUT2D eigenvalue weighted by Gasteiger charge is 2.16. The van der Waals surface area contributed by atoms with Gasteiger partial charge in [-0.15, -0.1) is 0 Å². The summed E-state index contributed by atoms with van der Waals surface area (Å²) in [6, 6.07) is 14.6. The van der Waals surface area contributed by atoms with E-state index in [1.165, 1.54) is 22.8 Å². The van der Waals surface area contributed by atoms with E-state index in [0.29, 0.717) is 6.54 Å². The summed E-state index contributed by atoms with van der Waals surface area (Å²) in [5, 5.41) is 13.4. The van der Waals surface area contributed by atoms with Gasteiger partial charge in [0.2, 0.25) is 0 Å². The Labute approximate surface area is 165 Å². The van der Waals surface area contributed by atoms with Gasteiger partial charge in [-0.2, -0.15) is 0 Å². The number of hydrogen-bond acceptors (Lipinski definition) is 4. The second kappa shape index (κ2) is 8.06. The third-order valence-corrected chi connectivity index (χ3v) is 4.46. The number of pyridine rings is 1. The molecule has 0 aliphatic rings. The topological polar surface area (TPSA) is 94.2 Å². The van der Waals surface area contributed by atoms with Gasteiger partial charge in [-0.3, -0.25) is 19.7 Å². The summed E-state index contributed by atoms with van der Waals surface area (Å²) < 4.78 is 1.43. The Morgan fingerprint density at radius 1 is 1.18 bits per heavy atom. The molecule has 3 rings (SSSR count). The molecule has 0 saturated heterocycles. The predicted octanol–water partition coefficient (Wildman–Crippen LogP) is 4.02. The molecule has 1 aromatic heterocycles. The Morgan fingerprint density at radius 2 is 1.89 bits per heavy atom. The Balaban J connectivity index is 1.85. The standard InChI is InChI=1S/C20H16ClN3O4/c1-13-4-6-14(7-5-13)12-23-10-2-3-16(20(23)26)19(25)22-15-8-9-17(21)18(11-15)24(27)28/h2-11H,12H2,1H3,(H,22,25). The van der Waals surface area contributed by atoms with Gasteiger partial charge in [0.25, 0.3) is 17.2 Å². The zero-order valence-corrected chi connectivity index (χ0v) is 15.6. The SMILES string of the molecule is Cc1ccc(Cn2cccc(C(=O)Nc3ccc(Cl)c([N+](=O)[O-])c3)c2=O)cc1. The van der Waals surface area contributed by atoms with E-state index in [0.717, 1.165) is 17.2 Å². The van der Waals surface area contributed by atoms with Crippen molar-refractivity contribution in [3.05, 3.63) is 103 Å². The number of nitro benzene ring substituents is 1. The van der Waals surface area contributed by atoms with Crippen LogP contribution in [0.1, 0.15) is 21.5 Å². The predicted molar refractivity (Wildman–Crippen MR) is 107 cm³/mol. The van der Waals surface area contributed by atoms with Crippen molar-refractivity contribution in [3.63, 3.8) is 0 Å². The van der Waals surface area contributed by atoms with Crippen LogP contribution in [0.15, 0.2) is 65.6 Å². The zero-order chi connectivity index (χ0) is 20.3. The van der Waals surface area contributed by atoms with E-state index in [9.17, 15) is 19.7 Å². The molecule has 0 atom stereocenters. The van der Waals surface area contributed by atoms with Crippen LogP contribution in [0, 0.1) is 17.0 Å². The molecule has 0 aliphatic carbocycles. The van der Waals surface area contributed by atoms with Crippen molar-refractivity contribution in [2.75, 3.05) is 5.32 Å². The number of halogens is 1. The van der Waals surface area contributed by atoms with Gasteiger partial charge >= 0.3 is 0 Å². The highest BCUT2D eigenvalue weighted by molar-refractivity contribution is 6.32. The van der Waals surface area contributed by atoms with Gasteiger partial charge in [-0.05, 0) is 36.8 Å². The molecule has 0 bridgehead atoms. The van der Waals surface area contributed by atoms with Gasteiger partial charge in [0.05, 0.1) is 11.5 Å². The van der Waals surface area contributed by atoms with Gasteiger partial charge in [0, 0.05) is 18.0 Å². The average Bonchev–Trinajstić information content (AvgIpc) is 2.66. The maximum atomic E-state index is 12.7. The number of carbonyl (C=O) groups excluding carboxylic acids is 1. The number of rotatable bonds is 5. The summed E-state index contributed by atoms with van der Waals surface area (Å²) in [6.07, 6.45) is 1.60. The molecule has 0 spiro atoms. The van der Waals surface area contributed by atoms with Crippen LogP contribution >= 0.6 is 11.6 Å². The zero-order valence-electron chi connectivity index (χ0n) is 14.9. The minimum atomic E-state index is -0.653. The molecule has 142 valence electrons. The number of nitrogens with zero attached hydrogens (tertiary/aromatic N) is 2. The molecule has 1 amide bonds. The first-order valence-corrected chi connectivity index (χ1v) is 8.73. The number of amides is 1. The minimum absolute atomic E-state index is 0.0387. The average molecular weight is 398 g/mol. The molecule has 0 radical (unpaired) electrons. The van der Waals surface area contributed by atoms with E-state index < -0.39 is 16.4 Å². The van der Waals surface area contributed by atoms with E-state index in [-0.39, 0.29) is 22.0 Å². The van der Waals surface area contributed by atoms with Gasteiger partial charge in [0.1, 0.15) is 10.6 Å². The van der Waals surface area contributed by atoms with Gasteiger partial charge in [-0.1, -0.05) is 41.4 Å². The molecule has 2 aromatic carbocycles. The van der Waals surface area contributed by atoms with Crippen LogP contribution in [0.5, 0.6) is 0 Å². The van der Waals surface area contributed by atoms with Crippen molar-refractivity contribution in [2.45, 2.75) is 13.5 Å². The summed E-state index contributed by atoms with van der Waals surface area (Å²) >= 11 is 5.77. The molecule has 3 aromatic rings. The van der Waals surface area contributed by atoms with Crippen molar-refractivity contribution in [1.82, 2.24) is 4.57 Å². The maximum absolute atomic E-state index is 12.7. The first-order valence-electron chi connectivity index (χ1n) is 8.35. The van der Waals surface area contributed by atoms with Crippen LogP contribution < -0.4 is 10.9 Å². The lowest BCUT2D eigenvalue weighted by Crippen LogP contribution is -2.29. The number of nitro groups is 1. The van der Waals surface area contributed by atoms with E-state index >= 15 is 0 Å². The van der Waals surface area contributed by atoms with Gasteiger partial charge in [0.15, 0.2) is 0 Å². The fourth-order valence-corrected chi connectivity index (χ4v) is 2.84. The summed E-state index contributed by atoms with van der Waals surface area (Å²) in [7, 11) is 0. The fraction of sp³-hybridized carbons (Fsp3) is 0.100. The first-order chi connectivity index (χ1) is 13.3. The van der Waals surface area contributed by atoms with E-state index in [4.69, 9.17) is 11.6 Å². The van der Waals surface area contributed by atoms with Gasteiger partial charge in [-0.25, -0.2) is 0 Å². The third-order valence-electron chi connectivity index (χ3n) is 4.14. The van der Waals surface area contributed by atoms with Crippen LogP contribution in [0.25, 0.3) is 0 Å². The Bertz CT molecular complexity index is 1110. The summed E-state index contributed by atoms with van der Waals surface area (Å²) in [5.74, 6) is -0.653. The number of carbonyl (C=O) groups is 1. The van der Waals surface area contributed by atoms with Crippen LogP contribution in [0.4, 0.5) is 11.4 Å². The summed E-state index contributed by atoms with van der Waals surface area (Å²) in [5.41, 5.74) is 1.37. The molecule has 0 aliphatic heterocycles. The lowest BCUT2D eigenvalue weighted by atomic mass is 10.1. The molecule has 1 heterocycles. The Morgan fingerprint density at radius 3 is 2.57 bits per heavy atom. The van der Waals surface area contributed by atoms with Crippen LogP contribution in [-0.2, 0) is 6.54 Å². The quantitative estimate of drug-likeness (QED) is 0.519. The largest absolute Gasteiger partial charge is 0.322 e. The second-order valence-corrected chi connectivity index (χ2v) is 6.63. The number of nitrogens with one attached hydrogen (secondary N) is 1. The van der Waals surface area contributed by atoms with Crippen molar-refractivity contribution < 1.29 is 9.72 Å². The fourth-order valence-electron chi connectivity index (χ4n) is 2.65. The summed E-state index contributed by atoms with van der Waals surface area (Å²) in [4.78, 5) is 35.5. The van der Waals surface area contributed by atoms with Crippen molar-refractivity contribution in [1.29, 1.82) is 0 Å². The molecule has 0 unspecified atom stereocenters. The Hall–Kier alpha value is -3.45. The normalized spacial score (nSPS) is 10.5. The smallest absolute Gasteiger partial charge is 0.289 e. The minimum Gasteiger partial charge on any atom is -0.322 e.